The summed E-state index contributed by atoms with van der Waals surface area (Å²) in [5.41, 5.74) is 1.85. The van der Waals surface area contributed by atoms with Gasteiger partial charge in [0.15, 0.2) is 5.78 Å². The van der Waals surface area contributed by atoms with Gasteiger partial charge in [0.05, 0.1) is 13.2 Å². The van der Waals surface area contributed by atoms with E-state index in [-0.39, 0.29) is 24.6 Å². The number of Topliss-reactive ketones (excluding diaryl/α,β-unsaturated/α-hetero) is 1. The van der Waals surface area contributed by atoms with E-state index in [2.05, 4.69) is 21.2 Å². The van der Waals surface area contributed by atoms with Gasteiger partial charge in [-0.2, -0.15) is 0 Å². The largest absolute Gasteiger partial charge is 0.395 e. The number of carbonyl (C=O) groups is 3. The lowest BCUT2D eigenvalue weighted by Crippen LogP contribution is -2.34. The standard InChI is InChI=1S/C15H15BrN2O4/c1-8-5-12(10(9(2)20)6-11(8)16)17-13-7-14(21)18(3-4-19)15(13)22/h5-7,17,19H,3-4H2,1-2H3. The Hall–Kier alpha value is -1.99. The van der Waals surface area contributed by atoms with E-state index in [1.54, 1.807) is 12.1 Å². The van der Waals surface area contributed by atoms with E-state index in [0.29, 0.717) is 11.3 Å². The minimum absolute atomic E-state index is 0.0573. The first-order valence-corrected chi connectivity index (χ1v) is 7.41. The fourth-order valence-electron chi connectivity index (χ4n) is 2.13. The third-order valence-corrected chi connectivity index (χ3v) is 4.13. The second-order valence-corrected chi connectivity index (χ2v) is 5.76. The molecule has 7 heteroatoms. The highest BCUT2D eigenvalue weighted by molar-refractivity contribution is 9.10. The molecule has 6 nitrogen and oxygen atoms in total. The Morgan fingerprint density at radius 3 is 2.64 bits per heavy atom. The highest BCUT2D eigenvalue weighted by Gasteiger charge is 2.31. The van der Waals surface area contributed by atoms with Crippen molar-refractivity contribution < 1.29 is 19.5 Å². The molecule has 0 saturated carbocycles. The molecular weight excluding hydrogens is 352 g/mol. The molecule has 1 aliphatic rings. The monoisotopic (exact) mass is 366 g/mol. The summed E-state index contributed by atoms with van der Waals surface area (Å²) in [6.45, 7) is 2.93. The SMILES string of the molecule is CC(=O)c1cc(Br)c(C)cc1NC1=CC(=O)N(CCO)C1=O. The van der Waals surface area contributed by atoms with Crippen molar-refractivity contribution in [3.8, 4) is 0 Å². The van der Waals surface area contributed by atoms with Gasteiger partial charge in [-0.3, -0.25) is 19.3 Å². The van der Waals surface area contributed by atoms with Crippen LogP contribution < -0.4 is 5.32 Å². The number of β-amino-alcohol motifs (C(OH)–C–C–N with tert-alkyl or cyclic N) is 1. The molecule has 22 heavy (non-hydrogen) atoms. The number of hydrogen-bond donors (Lipinski definition) is 2. The van der Waals surface area contributed by atoms with Crippen LogP contribution in [0, 0.1) is 6.92 Å². The van der Waals surface area contributed by atoms with Gasteiger partial charge in [-0.25, -0.2) is 0 Å². The van der Waals surface area contributed by atoms with Crippen molar-refractivity contribution in [2.24, 2.45) is 0 Å². The van der Waals surface area contributed by atoms with Gasteiger partial charge in [0, 0.05) is 21.8 Å². The minimum atomic E-state index is -0.519. The lowest BCUT2D eigenvalue weighted by molar-refractivity contribution is -0.137. The summed E-state index contributed by atoms with van der Waals surface area (Å²) in [6.07, 6.45) is 1.17. The molecule has 0 saturated heterocycles. The van der Waals surface area contributed by atoms with Crippen molar-refractivity contribution >= 4 is 39.2 Å². The highest BCUT2D eigenvalue weighted by Crippen LogP contribution is 2.27. The maximum atomic E-state index is 12.1. The first-order valence-electron chi connectivity index (χ1n) is 6.61. The number of anilines is 1. The van der Waals surface area contributed by atoms with Crippen LogP contribution in [0.15, 0.2) is 28.4 Å². The van der Waals surface area contributed by atoms with E-state index >= 15 is 0 Å². The second-order valence-electron chi connectivity index (χ2n) is 4.90. The topological polar surface area (TPSA) is 86.7 Å². The fraction of sp³-hybridized carbons (Fsp3) is 0.267. The normalized spacial score (nSPS) is 14.4. The van der Waals surface area contributed by atoms with Gasteiger partial charge in [0.1, 0.15) is 5.70 Å². The van der Waals surface area contributed by atoms with Crippen molar-refractivity contribution in [2.45, 2.75) is 13.8 Å². The molecule has 0 fully saturated rings. The van der Waals surface area contributed by atoms with E-state index < -0.39 is 11.8 Å². The molecule has 0 aromatic heterocycles. The summed E-state index contributed by atoms with van der Waals surface area (Å²) in [5, 5.41) is 11.7. The number of aliphatic hydroxyl groups is 1. The van der Waals surface area contributed by atoms with Crippen LogP contribution in [0.5, 0.6) is 0 Å². The number of benzene rings is 1. The predicted molar refractivity (Wildman–Crippen MR) is 84.4 cm³/mol. The molecule has 2 N–H and O–H groups in total. The molecule has 0 spiro atoms. The Balaban J connectivity index is 2.34. The summed E-state index contributed by atoms with van der Waals surface area (Å²) < 4.78 is 0.785. The zero-order valence-corrected chi connectivity index (χ0v) is 13.7. The van der Waals surface area contributed by atoms with Gasteiger partial charge in [-0.05, 0) is 31.5 Å². The van der Waals surface area contributed by atoms with E-state index in [4.69, 9.17) is 5.11 Å². The molecule has 0 unspecified atom stereocenters. The molecule has 116 valence electrons. The molecule has 2 rings (SSSR count). The molecule has 1 aromatic rings. The third kappa shape index (κ3) is 3.10. The van der Waals surface area contributed by atoms with Gasteiger partial charge >= 0.3 is 0 Å². The minimum Gasteiger partial charge on any atom is -0.395 e. The molecule has 0 radical (unpaired) electrons. The average Bonchev–Trinajstić information content (AvgIpc) is 2.70. The number of amides is 2. The van der Waals surface area contributed by atoms with Crippen LogP contribution in [0.3, 0.4) is 0 Å². The maximum Gasteiger partial charge on any atom is 0.277 e. The van der Waals surface area contributed by atoms with Crippen LogP contribution in [0.2, 0.25) is 0 Å². The first kappa shape index (κ1) is 16.4. The van der Waals surface area contributed by atoms with Gasteiger partial charge in [-0.15, -0.1) is 0 Å². The van der Waals surface area contributed by atoms with Crippen molar-refractivity contribution in [2.75, 3.05) is 18.5 Å². The van der Waals surface area contributed by atoms with Gasteiger partial charge in [0.2, 0.25) is 0 Å². The number of carbonyl (C=O) groups excluding carboxylic acids is 3. The second kappa shape index (κ2) is 6.41. The van der Waals surface area contributed by atoms with E-state index in [0.717, 1.165) is 14.9 Å². The summed E-state index contributed by atoms with van der Waals surface area (Å²) in [4.78, 5) is 36.5. The smallest absolute Gasteiger partial charge is 0.277 e. The molecule has 1 aromatic carbocycles. The lowest BCUT2D eigenvalue weighted by Gasteiger charge is -2.15. The Kier molecular flexibility index (Phi) is 4.77. The predicted octanol–water partition coefficient (Wildman–Crippen LogP) is 1.62. The molecule has 0 aliphatic carbocycles. The van der Waals surface area contributed by atoms with Crippen molar-refractivity contribution in [1.82, 2.24) is 4.90 Å². The van der Waals surface area contributed by atoms with Crippen LogP contribution in [0.4, 0.5) is 5.69 Å². The molecule has 0 bridgehead atoms. The van der Waals surface area contributed by atoms with E-state index in [1.807, 2.05) is 6.92 Å². The lowest BCUT2D eigenvalue weighted by atomic mass is 10.1. The molecular formula is C15H15BrN2O4. The van der Waals surface area contributed by atoms with Crippen LogP contribution in [-0.2, 0) is 9.59 Å². The number of aliphatic hydroxyl groups excluding tert-OH is 1. The fourth-order valence-corrected chi connectivity index (χ4v) is 2.47. The number of aryl methyl sites for hydroxylation is 1. The van der Waals surface area contributed by atoms with Crippen LogP contribution in [0.25, 0.3) is 0 Å². The zero-order chi connectivity index (χ0) is 16.4. The highest BCUT2D eigenvalue weighted by atomic mass is 79.9. The van der Waals surface area contributed by atoms with Gasteiger partial charge in [0.25, 0.3) is 11.8 Å². The Bertz CT molecular complexity index is 697. The summed E-state index contributed by atoms with van der Waals surface area (Å²) >= 11 is 3.36. The van der Waals surface area contributed by atoms with E-state index in [9.17, 15) is 14.4 Å². The number of rotatable bonds is 5. The molecule has 0 atom stereocenters. The number of halogens is 1. The van der Waals surface area contributed by atoms with Crippen LogP contribution in [-0.4, -0.2) is 40.8 Å². The average molecular weight is 367 g/mol. The molecule has 1 aliphatic heterocycles. The number of nitrogens with one attached hydrogen (secondary N) is 1. The maximum absolute atomic E-state index is 12.1. The number of nitrogens with zero attached hydrogens (tertiary/aromatic N) is 1. The van der Waals surface area contributed by atoms with Crippen molar-refractivity contribution in [3.63, 3.8) is 0 Å². The zero-order valence-electron chi connectivity index (χ0n) is 12.1. The number of hydrogen-bond acceptors (Lipinski definition) is 5. The van der Waals surface area contributed by atoms with Crippen LogP contribution >= 0.6 is 15.9 Å². The van der Waals surface area contributed by atoms with Gasteiger partial charge < -0.3 is 10.4 Å². The summed E-state index contributed by atoms with van der Waals surface area (Å²) in [6, 6.07) is 3.40. The van der Waals surface area contributed by atoms with Crippen LogP contribution in [0.1, 0.15) is 22.8 Å². The van der Waals surface area contributed by atoms with E-state index in [1.165, 1.54) is 13.0 Å². The van der Waals surface area contributed by atoms with Crippen molar-refractivity contribution in [1.29, 1.82) is 0 Å². The summed E-state index contributed by atoms with van der Waals surface area (Å²) in [7, 11) is 0. The Morgan fingerprint density at radius 2 is 2.05 bits per heavy atom. The Morgan fingerprint density at radius 1 is 1.36 bits per heavy atom. The number of imide groups is 1. The molecule has 1 heterocycles. The first-order chi connectivity index (χ1) is 10.3. The quantitative estimate of drug-likeness (QED) is 0.610. The molecule has 2 amide bonds. The number of ketones is 1. The summed E-state index contributed by atoms with van der Waals surface area (Å²) in [5.74, 6) is -1.17. The van der Waals surface area contributed by atoms with Crippen molar-refractivity contribution in [3.05, 3.63) is 39.5 Å². The Labute approximate surface area is 135 Å². The third-order valence-electron chi connectivity index (χ3n) is 3.28. The van der Waals surface area contributed by atoms with Gasteiger partial charge in [-0.1, -0.05) is 15.9 Å².